The van der Waals surface area contributed by atoms with Gasteiger partial charge < -0.3 is 13.9 Å². The number of hydrogen-bond acceptors (Lipinski definition) is 2. The summed E-state index contributed by atoms with van der Waals surface area (Å²) >= 11 is 0. The first-order valence-electron chi connectivity index (χ1n) is 28.6. The van der Waals surface area contributed by atoms with Crippen LogP contribution in [0.3, 0.4) is 0 Å². The SMILES string of the molecule is CC(C)(C)c1cc(Oc2[c-]c3c(c(C(C)(C)C)c2)c2ccccc2n3-c2cc(C(C)(C)C)ccn2)[c-]c(-n2[c-][n+](-c3cc(C(C)(C)C)cc(C(C)(C)c4ccccc4)c3)c(C(C)(C)c3ccccc3)c2C(C)(C)c2ccccc2)c1.[Pt]. The van der Waals surface area contributed by atoms with Gasteiger partial charge in [0.2, 0.25) is 0 Å². The number of imidazole rings is 1. The molecule has 5 nitrogen and oxygen atoms in total. The minimum Gasteiger partial charge on any atom is -0.510 e. The molecule has 0 saturated carbocycles. The molecule has 0 saturated heterocycles. The monoisotopic (exact) mass is 1250 g/mol. The van der Waals surface area contributed by atoms with Crippen LogP contribution in [0.5, 0.6) is 11.5 Å². The summed E-state index contributed by atoms with van der Waals surface area (Å²) in [6, 6.07) is 67.5. The van der Waals surface area contributed by atoms with Gasteiger partial charge in [0.25, 0.3) is 6.33 Å². The molecule has 420 valence electrons. The molecular formula is C75H82N4OPt-2. The average Bonchev–Trinajstić information content (AvgIpc) is 4.04. The Morgan fingerprint density at radius 2 is 0.951 bits per heavy atom. The van der Waals surface area contributed by atoms with Crippen LogP contribution in [-0.2, 0) is 59.0 Å². The van der Waals surface area contributed by atoms with Crippen molar-refractivity contribution in [3.8, 4) is 28.7 Å². The van der Waals surface area contributed by atoms with Crippen LogP contribution in [0.25, 0.3) is 39.0 Å². The first-order valence-corrected chi connectivity index (χ1v) is 28.6. The molecule has 0 amide bonds. The largest absolute Gasteiger partial charge is 0.510 e. The molecule has 3 heterocycles. The third-order valence-electron chi connectivity index (χ3n) is 16.8. The first kappa shape index (κ1) is 58.8. The molecule has 0 N–H and O–H groups in total. The van der Waals surface area contributed by atoms with Crippen molar-refractivity contribution in [2.75, 3.05) is 0 Å². The zero-order chi connectivity index (χ0) is 57.5. The minimum atomic E-state index is -0.559. The van der Waals surface area contributed by atoms with E-state index in [4.69, 9.17) is 9.72 Å². The van der Waals surface area contributed by atoms with Crippen molar-refractivity contribution in [3.63, 3.8) is 0 Å². The summed E-state index contributed by atoms with van der Waals surface area (Å²) in [4.78, 5) is 5.04. The number of ether oxygens (including phenoxy) is 1. The van der Waals surface area contributed by atoms with E-state index < -0.39 is 10.8 Å². The number of para-hydroxylation sites is 1. The summed E-state index contributed by atoms with van der Waals surface area (Å²) in [5, 5.41) is 2.31. The molecule has 10 rings (SSSR count). The van der Waals surface area contributed by atoms with E-state index in [1.807, 2.05) is 6.20 Å². The van der Waals surface area contributed by atoms with Gasteiger partial charge in [0.05, 0.1) is 17.1 Å². The number of pyridine rings is 1. The Morgan fingerprint density at radius 1 is 0.444 bits per heavy atom. The molecule has 0 bridgehead atoms. The van der Waals surface area contributed by atoms with Crippen LogP contribution < -0.4 is 9.30 Å². The summed E-state index contributed by atoms with van der Waals surface area (Å²) in [5.41, 5.74) is 13.6. The summed E-state index contributed by atoms with van der Waals surface area (Å²) in [7, 11) is 0. The molecule has 0 unspecified atom stereocenters. The average molecular weight is 1250 g/mol. The summed E-state index contributed by atoms with van der Waals surface area (Å²) in [6.07, 6.45) is 6.07. The van der Waals surface area contributed by atoms with Crippen molar-refractivity contribution < 1.29 is 30.4 Å². The van der Waals surface area contributed by atoms with Crippen molar-refractivity contribution in [2.24, 2.45) is 0 Å². The maximum absolute atomic E-state index is 7.32. The normalized spacial score (nSPS) is 13.0. The quantitative estimate of drug-likeness (QED) is 0.0956. The molecule has 0 aliphatic carbocycles. The Bertz CT molecular complexity index is 3900. The predicted molar refractivity (Wildman–Crippen MR) is 333 cm³/mol. The van der Waals surface area contributed by atoms with Gasteiger partial charge in [-0.3, -0.25) is 4.57 Å². The van der Waals surface area contributed by atoms with Crippen LogP contribution in [0.2, 0.25) is 0 Å². The molecule has 3 aromatic heterocycles. The van der Waals surface area contributed by atoms with Crippen LogP contribution in [-0.4, -0.2) is 14.1 Å². The fourth-order valence-electron chi connectivity index (χ4n) is 11.6. The predicted octanol–water partition coefficient (Wildman–Crippen LogP) is 18.6. The van der Waals surface area contributed by atoms with Crippen molar-refractivity contribution in [1.29, 1.82) is 0 Å². The van der Waals surface area contributed by atoms with Gasteiger partial charge in [0.15, 0.2) is 0 Å². The molecule has 0 spiro atoms. The van der Waals surface area contributed by atoms with Gasteiger partial charge in [-0.1, -0.05) is 251 Å². The molecule has 0 fully saturated rings. The fourth-order valence-corrected chi connectivity index (χ4v) is 11.6. The number of fused-ring (bicyclic) bond motifs is 3. The van der Waals surface area contributed by atoms with Gasteiger partial charge in [0, 0.05) is 60.5 Å². The second-order valence-corrected chi connectivity index (χ2v) is 28.0. The fraction of sp³-hybridized carbons (Fsp3) is 0.333. The molecule has 10 aromatic rings. The number of rotatable bonds is 11. The summed E-state index contributed by atoms with van der Waals surface area (Å²) < 4.78 is 14.3. The maximum Gasteiger partial charge on any atom is 0.267 e. The summed E-state index contributed by atoms with van der Waals surface area (Å²) in [6.45, 7) is 41.5. The Balaban J connectivity index is 0.00000792. The van der Waals surface area contributed by atoms with E-state index in [-0.39, 0.29) is 48.1 Å². The molecule has 81 heavy (non-hydrogen) atoms. The number of aromatic nitrogens is 4. The minimum absolute atomic E-state index is 0. The standard InChI is InChI=1S/C75H82N4O.Pt/c1-69(2,3)53-38-39-76-65(45-53)79-63-37-29-28-36-61(63)66-62(72(10,11)12)47-60(48-64(66)79)80-59-44-55(71(7,8)9)42-58(46-59)78-49-77(57-41-54(70(4,5)6)40-56(43-57)73(13,14)50-30-22-19-23-31-50)67(74(15,16)51-32-24-20-25-33-51)68(78)75(17,18)52-34-26-21-27-35-52;/h19-45,47H,1-18H3;/q-2;. The zero-order valence-electron chi connectivity index (χ0n) is 51.2. The van der Waals surface area contributed by atoms with Crippen molar-refractivity contribution in [1.82, 2.24) is 14.1 Å². The molecule has 0 radical (unpaired) electrons. The van der Waals surface area contributed by atoms with Crippen molar-refractivity contribution in [3.05, 3.63) is 244 Å². The van der Waals surface area contributed by atoms with Gasteiger partial charge in [0.1, 0.15) is 5.82 Å². The van der Waals surface area contributed by atoms with Crippen LogP contribution >= 0.6 is 0 Å². The van der Waals surface area contributed by atoms with E-state index in [0.29, 0.717) is 11.5 Å². The van der Waals surface area contributed by atoms with Gasteiger partial charge in [-0.05, 0) is 96.4 Å². The smallest absolute Gasteiger partial charge is 0.267 e. The third kappa shape index (κ3) is 11.2. The van der Waals surface area contributed by atoms with Crippen LogP contribution in [0.4, 0.5) is 0 Å². The molecule has 6 heteroatoms. The molecule has 0 atom stereocenters. The third-order valence-corrected chi connectivity index (χ3v) is 16.8. The van der Waals surface area contributed by atoms with E-state index in [1.54, 1.807) is 0 Å². The van der Waals surface area contributed by atoms with E-state index >= 15 is 0 Å². The second kappa shape index (κ2) is 21.2. The van der Waals surface area contributed by atoms with Crippen molar-refractivity contribution >= 4 is 21.8 Å². The van der Waals surface area contributed by atoms with Crippen LogP contribution in [0, 0.1) is 18.5 Å². The van der Waals surface area contributed by atoms with E-state index in [2.05, 4.69) is 321 Å². The first-order chi connectivity index (χ1) is 37.5. The maximum atomic E-state index is 7.32. The Morgan fingerprint density at radius 3 is 1.52 bits per heavy atom. The number of hydrogen-bond donors (Lipinski definition) is 0. The zero-order valence-corrected chi connectivity index (χ0v) is 53.5. The molecule has 7 aromatic carbocycles. The van der Waals surface area contributed by atoms with Gasteiger partial charge >= 0.3 is 0 Å². The van der Waals surface area contributed by atoms with E-state index in [1.165, 1.54) is 38.9 Å². The van der Waals surface area contributed by atoms with Gasteiger partial charge in [-0.2, -0.15) is 11.6 Å². The second-order valence-electron chi connectivity index (χ2n) is 28.0. The topological polar surface area (TPSA) is 35.9 Å². The molecule has 0 aliphatic heterocycles. The Kier molecular flexibility index (Phi) is 15.4. The van der Waals surface area contributed by atoms with Crippen LogP contribution in [0.1, 0.15) is 181 Å². The van der Waals surface area contributed by atoms with E-state index in [0.717, 1.165) is 55.9 Å². The summed E-state index contributed by atoms with van der Waals surface area (Å²) in [5.74, 6) is 2.06. The van der Waals surface area contributed by atoms with Crippen LogP contribution in [0.15, 0.2) is 170 Å². The number of benzene rings is 7. The molecule has 0 aliphatic rings. The van der Waals surface area contributed by atoms with Crippen molar-refractivity contribution in [2.45, 2.75) is 163 Å². The van der Waals surface area contributed by atoms with Gasteiger partial charge in [-0.15, -0.1) is 29.8 Å². The molecular weight excluding hydrogens is 1170 g/mol. The van der Waals surface area contributed by atoms with E-state index in [9.17, 15) is 0 Å². The number of nitrogens with zero attached hydrogens (tertiary/aromatic N) is 4. The van der Waals surface area contributed by atoms with Gasteiger partial charge in [-0.25, -0.2) is 4.98 Å². The Hall–Kier alpha value is -6.81. The Labute approximate surface area is 498 Å².